The molecule has 0 aromatic heterocycles. The maximum absolute atomic E-state index is 11.5. The smallest absolute Gasteiger partial charge is 0.323 e. The number of rotatable bonds is 3. The number of alkyl halides is 2. The Hall–Kier alpha value is -0.260. The highest BCUT2D eigenvalue weighted by molar-refractivity contribution is 4.50. The van der Waals surface area contributed by atoms with Crippen LogP contribution in [0.15, 0.2) is 0 Å². The van der Waals surface area contributed by atoms with Gasteiger partial charge in [-0.3, -0.25) is 5.73 Å². The first-order chi connectivity index (χ1) is 3.56. The molecule has 0 saturated carbocycles. The van der Waals surface area contributed by atoms with E-state index < -0.39 is 12.7 Å². The van der Waals surface area contributed by atoms with Crippen LogP contribution in [-0.2, 0) is 4.74 Å². The molecule has 0 spiro atoms. The first kappa shape index (κ1) is 7.74. The molecule has 0 unspecified atom stereocenters. The predicted molar refractivity (Wildman–Crippen MR) is 24.1 cm³/mol. The average Bonchev–Trinajstić information content (AvgIpc) is 1.59. The van der Waals surface area contributed by atoms with Crippen molar-refractivity contribution in [3.8, 4) is 0 Å². The zero-order chi connectivity index (χ0) is 6.62. The summed E-state index contributed by atoms with van der Waals surface area (Å²) in [6, 6.07) is -3.25. The van der Waals surface area contributed by atoms with Crippen molar-refractivity contribution in [3.63, 3.8) is 0 Å². The summed E-state index contributed by atoms with van der Waals surface area (Å²) >= 11 is 0. The van der Waals surface area contributed by atoms with E-state index in [0.29, 0.717) is 0 Å². The molecule has 0 saturated heterocycles. The Balaban J connectivity index is 3.11. The molecular formula is C3H8F2N2O. The third-order valence-electron chi connectivity index (χ3n) is 0.412. The van der Waals surface area contributed by atoms with E-state index in [9.17, 15) is 8.78 Å². The van der Waals surface area contributed by atoms with E-state index in [1.807, 2.05) is 0 Å². The highest BCUT2D eigenvalue weighted by Gasteiger charge is 2.20. The van der Waals surface area contributed by atoms with E-state index in [1.54, 1.807) is 0 Å². The number of hydrogen-bond donors (Lipinski definition) is 2. The van der Waals surface area contributed by atoms with Crippen LogP contribution in [0.25, 0.3) is 0 Å². The fourth-order valence-electron chi connectivity index (χ4n) is 0.195. The molecule has 0 aliphatic carbocycles. The van der Waals surface area contributed by atoms with Crippen molar-refractivity contribution in [1.82, 2.24) is 0 Å². The van der Waals surface area contributed by atoms with Gasteiger partial charge in [0.1, 0.15) is 6.61 Å². The third kappa shape index (κ3) is 5.74. The molecule has 0 atom stereocenters. The lowest BCUT2D eigenvalue weighted by Crippen LogP contribution is -2.35. The summed E-state index contributed by atoms with van der Waals surface area (Å²) in [6.07, 6.45) is 0. The summed E-state index contributed by atoms with van der Waals surface area (Å²) in [5, 5.41) is 0. The summed E-state index contributed by atoms with van der Waals surface area (Å²) in [5.74, 6) is 0. The van der Waals surface area contributed by atoms with Crippen LogP contribution in [0, 0.1) is 0 Å². The van der Waals surface area contributed by atoms with Gasteiger partial charge in [-0.15, -0.1) is 0 Å². The van der Waals surface area contributed by atoms with Crippen LogP contribution in [0.5, 0.6) is 0 Å². The first-order valence-corrected chi connectivity index (χ1v) is 2.01. The fraction of sp³-hybridized carbons (Fsp3) is 1.00. The van der Waals surface area contributed by atoms with Crippen LogP contribution in [0.3, 0.4) is 0 Å². The number of hydrogen-bond acceptors (Lipinski definition) is 3. The Bertz CT molecular complexity index is 62.8. The minimum atomic E-state index is -3.25. The molecule has 0 aromatic carbocycles. The van der Waals surface area contributed by atoms with Gasteiger partial charge in [-0.1, -0.05) is 0 Å². The van der Waals surface area contributed by atoms with Gasteiger partial charge < -0.3 is 10.5 Å². The molecule has 0 aromatic rings. The van der Waals surface area contributed by atoms with Gasteiger partial charge in [-0.2, -0.15) is 8.78 Å². The van der Waals surface area contributed by atoms with Gasteiger partial charge in [0, 0.05) is 0 Å². The minimum Gasteiger partial charge on any atom is -0.359 e. The van der Waals surface area contributed by atoms with Crippen molar-refractivity contribution in [2.45, 2.75) is 6.05 Å². The molecule has 0 amide bonds. The van der Waals surface area contributed by atoms with Gasteiger partial charge in [0.2, 0.25) is 0 Å². The van der Waals surface area contributed by atoms with Crippen molar-refractivity contribution >= 4 is 0 Å². The van der Waals surface area contributed by atoms with Gasteiger partial charge in [0.05, 0.1) is 6.73 Å². The molecule has 50 valence electrons. The molecule has 5 heteroatoms. The van der Waals surface area contributed by atoms with Crippen LogP contribution < -0.4 is 11.5 Å². The Kier molecular flexibility index (Phi) is 2.81. The molecule has 3 nitrogen and oxygen atoms in total. The Labute approximate surface area is 45.6 Å². The first-order valence-electron chi connectivity index (χ1n) is 2.01. The quantitative estimate of drug-likeness (QED) is 0.394. The second kappa shape index (κ2) is 2.91. The molecule has 0 aliphatic heterocycles. The molecule has 0 bridgehead atoms. The van der Waals surface area contributed by atoms with Gasteiger partial charge in [-0.05, 0) is 0 Å². The number of nitrogens with two attached hydrogens (primary N) is 2. The van der Waals surface area contributed by atoms with E-state index in [2.05, 4.69) is 10.5 Å². The van der Waals surface area contributed by atoms with Crippen LogP contribution in [0.2, 0.25) is 0 Å². The standard InChI is InChI=1S/C3H8F2N2O/c4-3(5,7)1-8-2-6/h1-2,6-7H2. The van der Waals surface area contributed by atoms with E-state index >= 15 is 0 Å². The van der Waals surface area contributed by atoms with Gasteiger partial charge in [-0.25, -0.2) is 0 Å². The normalized spacial score (nSPS) is 12.0. The molecule has 0 aliphatic rings. The highest BCUT2D eigenvalue weighted by Crippen LogP contribution is 2.02. The maximum Gasteiger partial charge on any atom is 0.323 e. The van der Waals surface area contributed by atoms with Crippen LogP contribution in [0.4, 0.5) is 8.78 Å². The zero-order valence-corrected chi connectivity index (χ0v) is 4.23. The molecular weight excluding hydrogens is 118 g/mol. The van der Waals surface area contributed by atoms with Crippen molar-refractivity contribution < 1.29 is 13.5 Å². The zero-order valence-electron chi connectivity index (χ0n) is 4.23. The lowest BCUT2D eigenvalue weighted by molar-refractivity contribution is -0.0706. The molecule has 8 heavy (non-hydrogen) atoms. The summed E-state index contributed by atoms with van der Waals surface area (Å²) in [4.78, 5) is 0. The van der Waals surface area contributed by atoms with E-state index in [4.69, 9.17) is 5.73 Å². The maximum atomic E-state index is 11.5. The predicted octanol–water partition coefficient (Wildman–Crippen LogP) is -0.529. The van der Waals surface area contributed by atoms with Crippen molar-refractivity contribution in [2.24, 2.45) is 11.5 Å². The van der Waals surface area contributed by atoms with Crippen molar-refractivity contribution in [3.05, 3.63) is 0 Å². The van der Waals surface area contributed by atoms with Gasteiger partial charge >= 0.3 is 6.05 Å². The van der Waals surface area contributed by atoms with Crippen molar-refractivity contribution in [2.75, 3.05) is 13.3 Å². The van der Waals surface area contributed by atoms with E-state index in [1.165, 1.54) is 0 Å². The molecule has 4 N–H and O–H groups in total. The summed E-state index contributed by atoms with van der Waals surface area (Å²) in [7, 11) is 0. The largest absolute Gasteiger partial charge is 0.359 e. The second-order valence-electron chi connectivity index (χ2n) is 1.28. The number of ether oxygens (including phenoxy) is 1. The monoisotopic (exact) mass is 126 g/mol. The van der Waals surface area contributed by atoms with Crippen LogP contribution in [0.1, 0.15) is 0 Å². The SMILES string of the molecule is NCOCC(N)(F)F. The summed E-state index contributed by atoms with van der Waals surface area (Å²) in [5.41, 5.74) is 8.93. The average molecular weight is 126 g/mol. The lowest BCUT2D eigenvalue weighted by Gasteiger charge is -2.07. The Morgan fingerprint density at radius 1 is 1.50 bits per heavy atom. The molecule has 0 rings (SSSR count). The van der Waals surface area contributed by atoms with Gasteiger partial charge in [0.25, 0.3) is 0 Å². The minimum absolute atomic E-state index is 0.229. The molecule has 0 radical (unpaired) electrons. The van der Waals surface area contributed by atoms with E-state index in [0.717, 1.165) is 0 Å². The topological polar surface area (TPSA) is 61.3 Å². The van der Waals surface area contributed by atoms with E-state index in [-0.39, 0.29) is 6.73 Å². The fourth-order valence-corrected chi connectivity index (χ4v) is 0.195. The molecule has 0 fully saturated rings. The summed E-state index contributed by atoms with van der Waals surface area (Å²) < 4.78 is 27.1. The number of halogens is 2. The molecule has 0 heterocycles. The lowest BCUT2D eigenvalue weighted by atomic mass is 10.6. The Morgan fingerprint density at radius 3 is 2.12 bits per heavy atom. The summed E-state index contributed by atoms with van der Waals surface area (Å²) in [6.45, 7) is -1.05. The Morgan fingerprint density at radius 2 is 2.00 bits per heavy atom. The highest BCUT2D eigenvalue weighted by atomic mass is 19.3. The van der Waals surface area contributed by atoms with Crippen LogP contribution in [-0.4, -0.2) is 19.4 Å². The van der Waals surface area contributed by atoms with Gasteiger partial charge in [0.15, 0.2) is 0 Å². The van der Waals surface area contributed by atoms with Crippen molar-refractivity contribution in [1.29, 1.82) is 0 Å². The second-order valence-corrected chi connectivity index (χ2v) is 1.28. The third-order valence-corrected chi connectivity index (χ3v) is 0.412. The van der Waals surface area contributed by atoms with Crippen LogP contribution >= 0.6 is 0 Å².